The third-order valence-electron chi connectivity index (χ3n) is 2.97. The predicted molar refractivity (Wildman–Crippen MR) is 75.5 cm³/mol. The number of rotatable bonds is 3. The Morgan fingerprint density at radius 2 is 1.84 bits per heavy atom. The van der Waals surface area contributed by atoms with E-state index in [1.54, 1.807) is 7.05 Å². The first kappa shape index (κ1) is 13.1. The summed E-state index contributed by atoms with van der Waals surface area (Å²) >= 11 is 0. The minimum atomic E-state index is -0.222. The summed E-state index contributed by atoms with van der Waals surface area (Å²) in [5.74, 6) is -0.222. The number of carbonyl (C=O) groups excluding carboxylic acids is 1. The van der Waals surface area contributed by atoms with Crippen LogP contribution >= 0.6 is 0 Å². The largest absolute Gasteiger partial charge is 0.322 e. The first-order valence-electron chi connectivity index (χ1n) is 6.17. The number of carbonyl (C=O) groups is 1. The summed E-state index contributed by atoms with van der Waals surface area (Å²) in [6.45, 7) is 2.08. The summed E-state index contributed by atoms with van der Waals surface area (Å²) in [5.41, 5.74) is 2.29. The molecule has 0 radical (unpaired) electrons. The molecule has 1 aromatic heterocycles. The van der Waals surface area contributed by atoms with Gasteiger partial charge in [0.1, 0.15) is 0 Å². The molecule has 0 unspecified atom stereocenters. The van der Waals surface area contributed by atoms with Crippen molar-refractivity contribution in [2.24, 2.45) is 7.05 Å². The van der Waals surface area contributed by atoms with Crippen LogP contribution in [0.25, 0.3) is 0 Å². The van der Waals surface area contributed by atoms with Gasteiger partial charge in [-0.15, -0.1) is 0 Å². The summed E-state index contributed by atoms with van der Waals surface area (Å²) in [6.07, 6.45) is 2.49. The molecule has 0 bridgehead atoms. The van der Waals surface area contributed by atoms with Crippen molar-refractivity contribution in [1.29, 1.82) is 0 Å². The molecule has 0 spiro atoms. The van der Waals surface area contributed by atoms with Crippen LogP contribution in [0.5, 0.6) is 0 Å². The highest BCUT2D eigenvalue weighted by Gasteiger charge is 2.06. The minimum absolute atomic E-state index is 0.135. The summed E-state index contributed by atoms with van der Waals surface area (Å²) in [4.78, 5) is 23.3. The van der Waals surface area contributed by atoms with Crippen molar-refractivity contribution in [2.45, 2.75) is 13.3 Å². The highest BCUT2D eigenvalue weighted by molar-refractivity contribution is 6.04. The van der Waals surface area contributed by atoms with Crippen molar-refractivity contribution in [2.75, 3.05) is 5.32 Å². The molecule has 0 saturated carbocycles. The normalized spacial score (nSPS) is 10.2. The molecule has 0 aliphatic carbocycles. The molecule has 19 heavy (non-hydrogen) atoms. The summed E-state index contributed by atoms with van der Waals surface area (Å²) in [6, 6.07) is 10.6. The SMILES string of the molecule is CCc1ccc(NC(=O)c2ccc(=O)n(C)c2)cc1. The molecule has 0 atom stereocenters. The lowest BCUT2D eigenvalue weighted by atomic mass is 10.1. The zero-order valence-corrected chi connectivity index (χ0v) is 11.0. The summed E-state index contributed by atoms with van der Waals surface area (Å²) in [7, 11) is 1.62. The van der Waals surface area contributed by atoms with Crippen LogP contribution in [0.2, 0.25) is 0 Å². The van der Waals surface area contributed by atoms with Crippen LogP contribution in [-0.4, -0.2) is 10.5 Å². The Morgan fingerprint density at radius 3 is 2.42 bits per heavy atom. The first-order valence-corrected chi connectivity index (χ1v) is 6.17. The van der Waals surface area contributed by atoms with Crippen molar-refractivity contribution >= 4 is 11.6 Å². The Bertz CT molecular complexity index is 642. The molecule has 4 nitrogen and oxygen atoms in total. The van der Waals surface area contributed by atoms with Gasteiger partial charge < -0.3 is 9.88 Å². The summed E-state index contributed by atoms with van der Waals surface area (Å²) in [5, 5.41) is 2.80. The van der Waals surface area contributed by atoms with Gasteiger partial charge in [0, 0.05) is 25.0 Å². The van der Waals surface area contributed by atoms with Gasteiger partial charge in [-0.1, -0.05) is 19.1 Å². The number of benzene rings is 1. The minimum Gasteiger partial charge on any atom is -0.322 e. The van der Waals surface area contributed by atoms with Crippen LogP contribution in [0.4, 0.5) is 5.69 Å². The molecular weight excluding hydrogens is 240 g/mol. The maximum absolute atomic E-state index is 12.0. The molecule has 1 amide bonds. The molecule has 0 saturated heterocycles. The third kappa shape index (κ3) is 3.10. The van der Waals surface area contributed by atoms with Crippen molar-refractivity contribution in [1.82, 2.24) is 4.57 Å². The standard InChI is InChI=1S/C15H16N2O2/c1-3-11-4-7-13(8-5-11)16-15(19)12-6-9-14(18)17(2)10-12/h4-10H,3H2,1-2H3,(H,16,19). The molecule has 4 heteroatoms. The summed E-state index contributed by atoms with van der Waals surface area (Å²) < 4.78 is 1.38. The Balaban J connectivity index is 2.15. The maximum atomic E-state index is 12.0. The Morgan fingerprint density at radius 1 is 1.16 bits per heavy atom. The van der Waals surface area contributed by atoms with Gasteiger partial charge in [0.15, 0.2) is 0 Å². The number of aryl methyl sites for hydroxylation is 2. The lowest BCUT2D eigenvalue weighted by Crippen LogP contribution is -2.19. The van der Waals surface area contributed by atoms with Gasteiger partial charge in [0.2, 0.25) is 5.56 Å². The number of amides is 1. The van der Waals surface area contributed by atoms with E-state index in [9.17, 15) is 9.59 Å². The fourth-order valence-electron chi connectivity index (χ4n) is 1.76. The van der Waals surface area contributed by atoms with Gasteiger partial charge in [0.05, 0.1) is 5.56 Å². The zero-order chi connectivity index (χ0) is 13.8. The van der Waals surface area contributed by atoms with E-state index >= 15 is 0 Å². The molecule has 0 aliphatic rings. The van der Waals surface area contributed by atoms with Gasteiger partial charge in [-0.3, -0.25) is 9.59 Å². The van der Waals surface area contributed by atoms with Crippen molar-refractivity contribution in [3.63, 3.8) is 0 Å². The highest BCUT2D eigenvalue weighted by Crippen LogP contribution is 2.11. The van der Waals surface area contributed by atoms with E-state index in [0.29, 0.717) is 5.56 Å². The highest BCUT2D eigenvalue weighted by atomic mass is 16.2. The predicted octanol–water partition coefficient (Wildman–Crippen LogP) is 2.20. The van der Waals surface area contributed by atoms with Crippen molar-refractivity contribution in [3.05, 3.63) is 64.1 Å². The average molecular weight is 256 g/mol. The maximum Gasteiger partial charge on any atom is 0.257 e. The van der Waals surface area contributed by atoms with Crippen LogP contribution in [0.15, 0.2) is 47.4 Å². The Labute approximate surface area is 111 Å². The number of aromatic nitrogens is 1. The Kier molecular flexibility index (Phi) is 3.80. The van der Waals surface area contributed by atoms with Crippen molar-refractivity contribution < 1.29 is 4.79 Å². The van der Waals surface area contributed by atoms with Crippen molar-refractivity contribution in [3.8, 4) is 0 Å². The Hall–Kier alpha value is -2.36. The quantitative estimate of drug-likeness (QED) is 0.915. The number of nitrogens with zero attached hydrogens (tertiary/aromatic N) is 1. The molecule has 1 heterocycles. The molecule has 1 N–H and O–H groups in total. The lowest BCUT2D eigenvalue weighted by Gasteiger charge is -2.07. The van der Waals surface area contributed by atoms with Crippen LogP contribution < -0.4 is 10.9 Å². The van der Waals surface area contributed by atoms with Gasteiger partial charge >= 0.3 is 0 Å². The van der Waals surface area contributed by atoms with Crippen LogP contribution in [0, 0.1) is 0 Å². The van der Waals surface area contributed by atoms with Gasteiger partial charge in [0.25, 0.3) is 5.91 Å². The molecular formula is C15H16N2O2. The van der Waals surface area contributed by atoms with E-state index in [-0.39, 0.29) is 11.5 Å². The number of nitrogens with one attached hydrogen (secondary N) is 1. The zero-order valence-electron chi connectivity index (χ0n) is 11.0. The van der Waals surface area contributed by atoms with E-state index in [2.05, 4.69) is 12.2 Å². The molecule has 2 aromatic rings. The topological polar surface area (TPSA) is 51.1 Å². The van der Waals surface area contributed by atoms with E-state index < -0.39 is 0 Å². The number of hydrogen-bond acceptors (Lipinski definition) is 2. The van der Waals surface area contributed by atoms with Crippen LogP contribution in [0.3, 0.4) is 0 Å². The molecule has 0 fully saturated rings. The van der Waals surface area contributed by atoms with E-state index in [1.807, 2.05) is 24.3 Å². The second kappa shape index (κ2) is 5.52. The fraction of sp³-hybridized carbons (Fsp3) is 0.200. The number of hydrogen-bond donors (Lipinski definition) is 1. The molecule has 98 valence electrons. The molecule has 2 rings (SSSR count). The fourth-order valence-corrected chi connectivity index (χ4v) is 1.76. The van der Waals surface area contributed by atoms with Crippen LogP contribution in [0.1, 0.15) is 22.8 Å². The second-order valence-corrected chi connectivity index (χ2v) is 4.37. The number of pyridine rings is 1. The van der Waals surface area contributed by atoms with E-state index in [1.165, 1.54) is 28.5 Å². The van der Waals surface area contributed by atoms with Gasteiger partial charge in [-0.2, -0.15) is 0 Å². The first-order chi connectivity index (χ1) is 9.10. The molecule has 0 aliphatic heterocycles. The van der Waals surface area contributed by atoms with Crippen LogP contribution in [-0.2, 0) is 13.5 Å². The van der Waals surface area contributed by atoms with E-state index in [4.69, 9.17) is 0 Å². The third-order valence-corrected chi connectivity index (χ3v) is 2.97. The monoisotopic (exact) mass is 256 g/mol. The molecule has 1 aromatic carbocycles. The van der Waals surface area contributed by atoms with Gasteiger partial charge in [-0.25, -0.2) is 0 Å². The average Bonchev–Trinajstić information content (AvgIpc) is 2.42. The smallest absolute Gasteiger partial charge is 0.257 e. The lowest BCUT2D eigenvalue weighted by molar-refractivity contribution is 0.102. The second-order valence-electron chi connectivity index (χ2n) is 4.37. The number of anilines is 1. The van der Waals surface area contributed by atoms with Gasteiger partial charge in [-0.05, 0) is 30.2 Å². The van der Waals surface area contributed by atoms with E-state index in [0.717, 1.165) is 12.1 Å².